The van der Waals surface area contributed by atoms with Gasteiger partial charge in [-0.15, -0.1) is 0 Å². The third kappa shape index (κ3) is 4.24. The molecular formula is C15H21FN2O3. The SMILES string of the molecule is CCC(CC)CN(CC)C(=O)c1cc(F)ccc1[N+](=O)[O-]. The van der Waals surface area contributed by atoms with Crippen LogP contribution in [-0.4, -0.2) is 28.8 Å². The highest BCUT2D eigenvalue weighted by Gasteiger charge is 2.25. The predicted octanol–water partition coefficient (Wildman–Crippen LogP) is 3.63. The summed E-state index contributed by atoms with van der Waals surface area (Å²) in [5.74, 6) is -0.806. The number of rotatable bonds is 7. The molecule has 5 nitrogen and oxygen atoms in total. The summed E-state index contributed by atoms with van der Waals surface area (Å²) in [7, 11) is 0. The largest absolute Gasteiger partial charge is 0.338 e. The third-order valence-electron chi connectivity index (χ3n) is 3.69. The van der Waals surface area contributed by atoms with Gasteiger partial charge >= 0.3 is 0 Å². The Labute approximate surface area is 123 Å². The van der Waals surface area contributed by atoms with Gasteiger partial charge in [0.25, 0.3) is 11.6 Å². The standard InChI is InChI=1S/C15H21FN2O3/c1-4-11(5-2)10-17(6-3)15(19)13-9-12(16)7-8-14(13)18(20)21/h7-9,11H,4-6,10H2,1-3H3. The van der Waals surface area contributed by atoms with E-state index in [0.29, 0.717) is 19.0 Å². The molecule has 0 unspecified atom stereocenters. The summed E-state index contributed by atoms with van der Waals surface area (Å²) in [5, 5.41) is 11.0. The molecule has 0 atom stereocenters. The number of carbonyl (C=O) groups excluding carboxylic acids is 1. The van der Waals surface area contributed by atoms with Crippen molar-refractivity contribution in [3.63, 3.8) is 0 Å². The zero-order valence-corrected chi connectivity index (χ0v) is 12.6. The van der Waals surface area contributed by atoms with Crippen LogP contribution in [0, 0.1) is 21.8 Å². The van der Waals surface area contributed by atoms with Crippen molar-refractivity contribution in [3.05, 3.63) is 39.7 Å². The molecule has 1 amide bonds. The van der Waals surface area contributed by atoms with Crippen molar-refractivity contribution in [2.45, 2.75) is 33.6 Å². The second kappa shape index (κ2) is 7.71. The van der Waals surface area contributed by atoms with Gasteiger partial charge in [-0.3, -0.25) is 14.9 Å². The maximum Gasteiger partial charge on any atom is 0.282 e. The molecule has 0 heterocycles. The molecule has 0 saturated heterocycles. The summed E-state index contributed by atoms with van der Waals surface area (Å²) in [6, 6.07) is 2.97. The van der Waals surface area contributed by atoms with E-state index in [9.17, 15) is 19.3 Å². The van der Waals surface area contributed by atoms with Gasteiger partial charge in [-0.1, -0.05) is 26.7 Å². The van der Waals surface area contributed by atoms with Crippen molar-refractivity contribution in [2.24, 2.45) is 5.92 Å². The van der Waals surface area contributed by atoms with Crippen LogP contribution >= 0.6 is 0 Å². The van der Waals surface area contributed by atoms with Gasteiger partial charge in [0.1, 0.15) is 11.4 Å². The van der Waals surface area contributed by atoms with Crippen LogP contribution in [0.1, 0.15) is 44.0 Å². The lowest BCUT2D eigenvalue weighted by Crippen LogP contribution is -2.35. The van der Waals surface area contributed by atoms with E-state index in [4.69, 9.17) is 0 Å². The number of benzene rings is 1. The van der Waals surface area contributed by atoms with Gasteiger partial charge < -0.3 is 4.90 Å². The fraction of sp³-hybridized carbons (Fsp3) is 0.533. The quantitative estimate of drug-likeness (QED) is 0.570. The molecule has 1 rings (SSSR count). The third-order valence-corrected chi connectivity index (χ3v) is 3.69. The first kappa shape index (κ1) is 17.1. The van der Waals surface area contributed by atoms with Crippen LogP contribution in [0.2, 0.25) is 0 Å². The highest BCUT2D eigenvalue weighted by atomic mass is 19.1. The van der Waals surface area contributed by atoms with Crippen molar-refractivity contribution >= 4 is 11.6 Å². The van der Waals surface area contributed by atoms with Gasteiger partial charge in [0.05, 0.1) is 4.92 Å². The van der Waals surface area contributed by atoms with E-state index in [1.807, 2.05) is 20.8 Å². The molecule has 21 heavy (non-hydrogen) atoms. The van der Waals surface area contributed by atoms with Crippen molar-refractivity contribution in [1.29, 1.82) is 0 Å². The van der Waals surface area contributed by atoms with E-state index in [2.05, 4.69) is 0 Å². The molecule has 0 saturated carbocycles. The highest BCUT2D eigenvalue weighted by Crippen LogP contribution is 2.22. The molecule has 6 heteroatoms. The monoisotopic (exact) mass is 296 g/mol. The minimum absolute atomic E-state index is 0.187. The minimum atomic E-state index is -0.655. The van der Waals surface area contributed by atoms with Crippen LogP contribution in [0.15, 0.2) is 18.2 Å². The van der Waals surface area contributed by atoms with Crippen LogP contribution in [0.25, 0.3) is 0 Å². The van der Waals surface area contributed by atoms with Crippen LogP contribution in [-0.2, 0) is 0 Å². The topological polar surface area (TPSA) is 63.5 Å². The summed E-state index contributed by atoms with van der Waals surface area (Å²) < 4.78 is 13.3. The zero-order valence-electron chi connectivity index (χ0n) is 12.6. The lowest BCUT2D eigenvalue weighted by molar-refractivity contribution is -0.385. The lowest BCUT2D eigenvalue weighted by Gasteiger charge is -2.25. The first-order chi connectivity index (χ1) is 9.94. The number of nitro groups is 1. The maximum absolute atomic E-state index is 13.3. The fourth-order valence-corrected chi connectivity index (χ4v) is 2.22. The van der Waals surface area contributed by atoms with Gasteiger partial charge in [0.15, 0.2) is 0 Å². The normalized spacial score (nSPS) is 10.7. The van der Waals surface area contributed by atoms with E-state index in [1.54, 1.807) is 4.90 Å². The van der Waals surface area contributed by atoms with E-state index >= 15 is 0 Å². The molecule has 116 valence electrons. The molecule has 0 aliphatic rings. The van der Waals surface area contributed by atoms with E-state index in [1.165, 1.54) is 0 Å². The van der Waals surface area contributed by atoms with Crippen LogP contribution in [0.5, 0.6) is 0 Å². The van der Waals surface area contributed by atoms with Crippen molar-refractivity contribution in [3.8, 4) is 0 Å². The number of hydrogen-bond acceptors (Lipinski definition) is 3. The molecule has 0 aliphatic heterocycles. The molecule has 0 spiro atoms. The Morgan fingerprint density at radius 2 is 1.95 bits per heavy atom. The number of nitrogens with zero attached hydrogens (tertiary/aromatic N) is 2. The Bertz CT molecular complexity index is 516. The number of hydrogen-bond donors (Lipinski definition) is 0. The first-order valence-corrected chi connectivity index (χ1v) is 7.17. The van der Waals surface area contributed by atoms with Gasteiger partial charge in [-0.25, -0.2) is 4.39 Å². The molecule has 1 aromatic carbocycles. The maximum atomic E-state index is 13.3. The molecular weight excluding hydrogens is 275 g/mol. The number of halogens is 1. The predicted molar refractivity (Wildman–Crippen MR) is 78.7 cm³/mol. The molecule has 0 fully saturated rings. The second-order valence-electron chi connectivity index (χ2n) is 4.94. The van der Waals surface area contributed by atoms with Gasteiger partial charge in [-0.05, 0) is 25.0 Å². The van der Waals surface area contributed by atoms with Gasteiger partial charge in [0.2, 0.25) is 0 Å². The summed E-state index contributed by atoms with van der Waals surface area (Å²) in [5.41, 5.74) is -0.544. The minimum Gasteiger partial charge on any atom is -0.338 e. The summed E-state index contributed by atoms with van der Waals surface area (Å²) in [6.07, 6.45) is 1.84. The smallest absolute Gasteiger partial charge is 0.282 e. The number of amides is 1. The van der Waals surface area contributed by atoms with E-state index in [-0.39, 0.29) is 11.3 Å². The summed E-state index contributed by atoms with van der Waals surface area (Å²) in [6.45, 7) is 6.85. The molecule has 0 bridgehead atoms. The van der Waals surface area contributed by atoms with Crippen molar-refractivity contribution in [2.75, 3.05) is 13.1 Å². The average molecular weight is 296 g/mol. The Morgan fingerprint density at radius 3 is 2.43 bits per heavy atom. The van der Waals surface area contributed by atoms with Crippen LogP contribution < -0.4 is 0 Å². The van der Waals surface area contributed by atoms with Crippen molar-refractivity contribution in [1.82, 2.24) is 4.90 Å². The van der Waals surface area contributed by atoms with Crippen molar-refractivity contribution < 1.29 is 14.1 Å². The number of nitro benzene ring substituents is 1. The molecule has 0 aromatic heterocycles. The Balaban J connectivity index is 3.10. The Hall–Kier alpha value is -1.98. The summed E-state index contributed by atoms with van der Waals surface area (Å²) >= 11 is 0. The molecule has 0 aliphatic carbocycles. The second-order valence-corrected chi connectivity index (χ2v) is 4.94. The van der Waals surface area contributed by atoms with E-state index < -0.39 is 16.6 Å². The van der Waals surface area contributed by atoms with Gasteiger partial charge in [-0.2, -0.15) is 0 Å². The Morgan fingerprint density at radius 1 is 1.33 bits per heavy atom. The molecule has 0 radical (unpaired) electrons. The average Bonchev–Trinajstić information content (AvgIpc) is 2.47. The fourth-order valence-electron chi connectivity index (χ4n) is 2.22. The van der Waals surface area contributed by atoms with E-state index in [0.717, 1.165) is 31.0 Å². The first-order valence-electron chi connectivity index (χ1n) is 7.17. The van der Waals surface area contributed by atoms with Crippen LogP contribution in [0.3, 0.4) is 0 Å². The molecule has 0 N–H and O–H groups in total. The Kier molecular flexibility index (Phi) is 6.27. The highest BCUT2D eigenvalue weighted by molar-refractivity contribution is 5.98. The lowest BCUT2D eigenvalue weighted by atomic mass is 10.0. The van der Waals surface area contributed by atoms with Crippen LogP contribution in [0.4, 0.5) is 10.1 Å². The van der Waals surface area contributed by atoms with Gasteiger partial charge in [0, 0.05) is 19.2 Å². The zero-order chi connectivity index (χ0) is 16.0. The number of carbonyl (C=O) groups is 1. The molecule has 1 aromatic rings. The summed E-state index contributed by atoms with van der Waals surface area (Å²) in [4.78, 5) is 24.4.